The quantitative estimate of drug-likeness (QED) is 0.628. The fourth-order valence-corrected chi connectivity index (χ4v) is 4.35. The molecule has 0 amide bonds. The van der Waals surface area contributed by atoms with E-state index in [1.165, 1.54) is 30.2 Å². The van der Waals surface area contributed by atoms with Gasteiger partial charge in [0.25, 0.3) is 0 Å². The molecule has 0 spiro atoms. The summed E-state index contributed by atoms with van der Waals surface area (Å²) in [7, 11) is 1.30. The number of rotatable bonds is 6. The van der Waals surface area contributed by atoms with Crippen LogP contribution in [-0.2, 0) is 14.3 Å². The van der Waals surface area contributed by atoms with E-state index in [0.717, 1.165) is 8.68 Å². The number of thioether (sulfide) groups is 1. The van der Waals surface area contributed by atoms with Crippen molar-refractivity contribution in [3.8, 4) is 0 Å². The van der Waals surface area contributed by atoms with Gasteiger partial charge in [-0.15, -0.1) is 11.3 Å². The van der Waals surface area contributed by atoms with E-state index in [-0.39, 0.29) is 12.4 Å². The zero-order chi connectivity index (χ0) is 13.7. The Balaban J connectivity index is 2.69. The van der Waals surface area contributed by atoms with Gasteiger partial charge in [0, 0.05) is 4.47 Å². The predicted octanol–water partition coefficient (Wildman–Crippen LogP) is 3.26. The Hall–Kier alpha value is -0.530. The Kier molecular flexibility index (Phi) is 6.17. The highest BCUT2D eigenvalue weighted by Gasteiger charge is 2.26. The van der Waals surface area contributed by atoms with Gasteiger partial charge in [0.2, 0.25) is 0 Å². The number of carboxylic acids is 1. The van der Waals surface area contributed by atoms with E-state index >= 15 is 0 Å². The molecular formula is C11H13BrO4S2. The molecule has 1 aromatic rings. The molecule has 1 heterocycles. The minimum Gasteiger partial charge on any atom is -0.480 e. The molecule has 0 saturated carbocycles. The summed E-state index contributed by atoms with van der Waals surface area (Å²) in [5.41, 5.74) is 0. The molecule has 1 rings (SSSR count). The lowest BCUT2D eigenvalue weighted by Crippen LogP contribution is -2.23. The van der Waals surface area contributed by atoms with E-state index < -0.39 is 17.1 Å². The first-order valence-corrected chi connectivity index (χ1v) is 7.71. The van der Waals surface area contributed by atoms with Gasteiger partial charge < -0.3 is 9.84 Å². The predicted molar refractivity (Wildman–Crippen MR) is 75.1 cm³/mol. The summed E-state index contributed by atoms with van der Waals surface area (Å²) in [5, 5.41) is 10.4. The van der Waals surface area contributed by atoms with Gasteiger partial charge in [0.15, 0.2) is 0 Å². The number of methoxy groups -OCH3 is 1. The van der Waals surface area contributed by atoms with Crippen LogP contribution in [0.3, 0.4) is 0 Å². The van der Waals surface area contributed by atoms with Crippen LogP contribution in [0.1, 0.15) is 13.3 Å². The van der Waals surface area contributed by atoms with Crippen LogP contribution >= 0.6 is 39.0 Å². The van der Waals surface area contributed by atoms with Crippen molar-refractivity contribution in [3.05, 3.63) is 15.9 Å². The van der Waals surface area contributed by atoms with Gasteiger partial charge >= 0.3 is 11.9 Å². The Morgan fingerprint density at radius 3 is 2.72 bits per heavy atom. The molecule has 0 saturated heterocycles. The number of thiophene rings is 1. The average Bonchev–Trinajstić information content (AvgIpc) is 2.72. The smallest absolute Gasteiger partial charge is 0.317 e. The lowest BCUT2D eigenvalue weighted by Gasteiger charge is -2.15. The van der Waals surface area contributed by atoms with Crippen molar-refractivity contribution in [2.75, 3.05) is 7.11 Å². The summed E-state index contributed by atoms with van der Waals surface area (Å²) in [6.07, 6.45) is 0.247. The van der Waals surface area contributed by atoms with Crippen molar-refractivity contribution in [1.82, 2.24) is 0 Å². The van der Waals surface area contributed by atoms with Crippen LogP contribution in [0.5, 0.6) is 0 Å². The van der Waals surface area contributed by atoms with Crippen molar-refractivity contribution in [3.63, 3.8) is 0 Å². The zero-order valence-electron chi connectivity index (χ0n) is 9.88. The minimum absolute atomic E-state index is 0.247. The highest BCUT2D eigenvalue weighted by Crippen LogP contribution is 2.37. The van der Waals surface area contributed by atoms with Gasteiger partial charge in [-0.2, -0.15) is 0 Å². The molecule has 2 unspecified atom stereocenters. The molecule has 2 atom stereocenters. The number of halogens is 1. The second-order valence-electron chi connectivity index (χ2n) is 3.66. The average molecular weight is 353 g/mol. The van der Waals surface area contributed by atoms with Crippen LogP contribution in [0.2, 0.25) is 0 Å². The van der Waals surface area contributed by atoms with Gasteiger partial charge in [-0.25, -0.2) is 0 Å². The van der Waals surface area contributed by atoms with E-state index in [2.05, 4.69) is 20.7 Å². The molecular weight excluding hydrogens is 340 g/mol. The first-order chi connectivity index (χ1) is 8.45. The number of hydrogen-bond acceptors (Lipinski definition) is 5. The third kappa shape index (κ3) is 4.29. The summed E-state index contributed by atoms with van der Waals surface area (Å²) < 4.78 is 6.39. The van der Waals surface area contributed by atoms with Crippen molar-refractivity contribution >= 4 is 51.0 Å². The summed E-state index contributed by atoms with van der Waals surface area (Å²) >= 11 is 6.08. The Labute approximate surface area is 122 Å². The molecule has 7 heteroatoms. The fraction of sp³-hybridized carbons (Fsp3) is 0.455. The molecule has 0 aromatic carbocycles. The Morgan fingerprint density at radius 2 is 2.28 bits per heavy atom. The van der Waals surface area contributed by atoms with Gasteiger partial charge in [-0.3, -0.25) is 9.59 Å². The summed E-state index contributed by atoms with van der Waals surface area (Å²) in [6, 6.07) is 1.87. The van der Waals surface area contributed by atoms with E-state index in [9.17, 15) is 14.7 Å². The standard InChI is InChI=1S/C11H13BrO4S2/c1-6(10(15)16-2)5-8(9(13)14)18-11-7(12)3-4-17-11/h3-4,6,8H,5H2,1-2H3,(H,13,14). The van der Waals surface area contributed by atoms with Crippen LogP contribution < -0.4 is 0 Å². The molecule has 0 radical (unpaired) electrons. The first kappa shape index (κ1) is 15.5. The van der Waals surface area contributed by atoms with Crippen LogP contribution in [-0.4, -0.2) is 29.4 Å². The molecule has 1 N–H and O–H groups in total. The molecule has 0 bridgehead atoms. The van der Waals surface area contributed by atoms with Crippen molar-refractivity contribution in [2.45, 2.75) is 22.8 Å². The lowest BCUT2D eigenvalue weighted by molar-refractivity contribution is -0.145. The van der Waals surface area contributed by atoms with Crippen molar-refractivity contribution in [2.24, 2.45) is 5.92 Å². The monoisotopic (exact) mass is 352 g/mol. The molecule has 0 aliphatic rings. The van der Waals surface area contributed by atoms with Crippen LogP contribution in [0, 0.1) is 5.92 Å². The maximum Gasteiger partial charge on any atom is 0.317 e. The van der Waals surface area contributed by atoms with Crippen LogP contribution in [0.4, 0.5) is 0 Å². The largest absolute Gasteiger partial charge is 0.480 e. The van der Waals surface area contributed by atoms with Gasteiger partial charge in [-0.05, 0) is 33.8 Å². The third-order valence-corrected chi connectivity index (χ3v) is 5.86. The number of aliphatic carboxylic acids is 1. The van der Waals surface area contributed by atoms with Crippen LogP contribution in [0.15, 0.2) is 20.1 Å². The number of hydrogen-bond donors (Lipinski definition) is 1. The van der Waals surface area contributed by atoms with E-state index in [1.54, 1.807) is 6.92 Å². The SMILES string of the molecule is COC(=O)C(C)CC(Sc1sccc1Br)C(=O)O. The van der Waals surface area contributed by atoms with Crippen molar-refractivity contribution in [1.29, 1.82) is 0 Å². The molecule has 0 aliphatic heterocycles. The maximum absolute atomic E-state index is 11.3. The third-order valence-electron chi connectivity index (χ3n) is 2.28. The lowest BCUT2D eigenvalue weighted by atomic mass is 10.1. The number of carbonyl (C=O) groups is 2. The maximum atomic E-state index is 11.3. The second-order valence-corrected chi connectivity index (χ2v) is 6.90. The summed E-state index contributed by atoms with van der Waals surface area (Å²) in [6.45, 7) is 1.67. The summed E-state index contributed by atoms with van der Waals surface area (Å²) in [4.78, 5) is 22.5. The molecule has 0 fully saturated rings. The van der Waals surface area contributed by atoms with E-state index in [1.807, 2.05) is 11.4 Å². The fourth-order valence-electron chi connectivity index (χ4n) is 1.31. The van der Waals surface area contributed by atoms with Gasteiger partial charge in [0.1, 0.15) is 5.25 Å². The number of carbonyl (C=O) groups excluding carboxylic acids is 1. The van der Waals surface area contributed by atoms with Gasteiger partial charge in [-0.1, -0.05) is 18.7 Å². The Bertz CT molecular complexity index is 432. The van der Waals surface area contributed by atoms with Crippen LogP contribution in [0.25, 0.3) is 0 Å². The second kappa shape index (κ2) is 7.16. The molecule has 18 heavy (non-hydrogen) atoms. The highest BCUT2D eigenvalue weighted by atomic mass is 79.9. The summed E-state index contributed by atoms with van der Waals surface area (Å²) in [5.74, 6) is -1.73. The molecule has 4 nitrogen and oxygen atoms in total. The Morgan fingerprint density at radius 1 is 1.61 bits per heavy atom. The normalized spacial score (nSPS) is 13.9. The first-order valence-electron chi connectivity index (χ1n) is 5.16. The van der Waals surface area contributed by atoms with Crippen molar-refractivity contribution < 1.29 is 19.4 Å². The molecule has 100 valence electrons. The van der Waals surface area contributed by atoms with E-state index in [4.69, 9.17) is 0 Å². The number of esters is 1. The molecule has 1 aromatic heterocycles. The number of ether oxygens (including phenoxy) is 1. The highest BCUT2D eigenvalue weighted by molar-refractivity contribution is 9.10. The minimum atomic E-state index is -0.920. The van der Waals surface area contributed by atoms with Gasteiger partial charge in [0.05, 0.1) is 17.2 Å². The number of carboxylic acid groups (broad SMARTS) is 1. The topological polar surface area (TPSA) is 63.6 Å². The zero-order valence-corrected chi connectivity index (χ0v) is 13.1. The van der Waals surface area contributed by atoms with E-state index in [0.29, 0.717) is 0 Å². The molecule has 0 aliphatic carbocycles.